The van der Waals surface area contributed by atoms with Gasteiger partial charge >= 0.3 is 5.69 Å². The van der Waals surface area contributed by atoms with Gasteiger partial charge < -0.3 is 14.6 Å². The van der Waals surface area contributed by atoms with Crippen molar-refractivity contribution in [3.05, 3.63) is 78.0 Å². The van der Waals surface area contributed by atoms with Crippen LogP contribution in [0.3, 0.4) is 0 Å². The number of halogens is 4. The Bertz CT molecular complexity index is 1430. The zero-order valence-corrected chi connectivity index (χ0v) is 19.8. The third kappa shape index (κ3) is 5.40. The highest BCUT2D eigenvalue weighted by Gasteiger charge is 2.26. The summed E-state index contributed by atoms with van der Waals surface area (Å²) >= 11 is 12.7. The smallest absolute Gasteiger partial charge is 0.349 e. The van der Waals surface area contributed by atoms with E-state index in [4.69, 9.17) is 37.9 Å². The van der Waals surface area contributed by atoms with Crippen molar-refractivity contribution >= 4 is 23.2 Å². The van der Waals surface area contributed by atoms with E-state index in [0.717, 1.165) is 10.2 Å². The van der Waals surface area contributed by atoms with Crippen LogP contribution in [0.25, 0.3) is 5.69 Å². The van der Waals surface area contributed by atoms with E-state index in [-0.39, 0.29) is 28.2 Å². The monoisotopic (exact) mass is 539 g/mol. The van der Waals surface area contributed by atoms with Gasteiger partial charge in [-0.3, -0.25) is 14.7 Å². The van der Waals surface area contributed by atoms with Crippen molar-refractivity contribution in [1.29, 1.82) is 5.26 Å². The first kappa shape index (κ1) is 25.7. The zero-order valence-electron chi connectivity index (χ0n) is 18.3. The van der Waals surface area contributed by atoms with Crippen LogP contribution in [0.2, 0.25) is 10.0 Å². The molecule has 1 atom stereocenters. The Kier molecular flexibility index (Phi) is 7.67. The molecule has 0 amide bonds. The van der Waals surface area contributed by atoms with Crippen molar-refractivity contribution in [1.82, 2.24) is 19.7 Å². The first-order valence-corrected chi connectivity index (χ1v) is 11.2. The van der Waals surface area contributed by atoms with Crippen LogP contribution in [0.4, 0.5) is 8.78 Å². The van der Waals surface area contributed by atoms with Crippen LogP contribution in [0.5, 0.6) is 11.5 Å². The van der Waals surface area contributed by atoms with Gasteiger partial charge in [0.05, 0.1) is 15.7 Å². The average Bonchev–Trinajstić information content (AvgIpc) is 2.82. The van der Waals surface area contributed by atoms with Gasteiger partial charge in [0.25, 0.3) is 12.0 Å². The number of rotatable bonds is 7. The Balaban J connectivity index is 1.55. The number of nitriles is 1. The molecule has 2 heterocycles. The van der Waals surface area contributed by atoms with Crippen molar-refractivity contribution in [2.24, 2.45) is 0 Å². The number of benzene rings is 2. The second-order valence-electron chi connectivity index (χ2n) is 7.66. The number of aromatic nitrogens is 3. The number of aliphatic hydroxyl groups is 1. The van der Waals surface area contributed by atoms with Crippen molar-refractivity contribution in [2.45, 2.75) is 19.1 Å². The number of hydrogen-bond acceptors (Lipinski definition) is 8. The lowest BCUT2D eigenvalue weighted by atomic mass is 9.98. The Morgan fingerprint density at radius 3 is 2.64 bits per heavy atom. The van der Waals surface area contributed by atoms with E-state index < -0.39 is 36.2 Å². The number of nitrogens with zero attached hydrogens (tertiary/aromatic N) is 4. The topological polar surface area (TPSA) is 133 Å². The summed E-state index contributed by atoms with van der Waals surface area (Å²) in [6, 6.07) is 9.16. The van der Waals surface area contributed by atoms with Gasteiger partial charge in [-0.05, 0) is 41.8 Å². The second kappa shape index (κ2) is 10.7. The maximum Gasteiger partial charge on any atom is 0.349 e. The molecule has 0 fully saturated rings. The Hall–Kier alpha value is -3.34. The fourth-order valence-electron chi connectivity index (χ4n) is 3.62. The summed E-state index contributed by atoms with van der Waals surface area (Å²) in [5, 5.41) is 23.3. The van der Waals surface area contributed by atoms with Gasteiger partial charge in [-0.1, -0.05) is 29.3 Å². The highest BCUT2D eigenvalue weighted by Crippen LogP contribution is 2.39. The fourth-order valence-corrected chi connectivity index (χ4v) is 4.18. The van der Waals surface area contributed by atoms with E-state index in [1.54, 1.807) is 24.3 Å². The van der Waals surface area contributed by atoms with Gasteiger partial charge in [0.1, 0.15) is 31.4 Å². The molecule has 2 N–H and O–H groups in total. The van der Waals surface area contributed by atoms with E-state index in [1.165, 1.54) is 17.0 Å². The summed E-state index contributed by atoms with van der Waals surface area (Å²) in [6.07, 6.45) is -3.12. The number of aliphatic hydroxyl groups excluding tert-OH is 1. The summed E-state index contributed by atoms with van der Waals surface area (Å²) < 4.78 is 36.1. The van der Waals surface area contributed by atoms with Crippen molar-refractivity contribution in [3.8, 4) is 23.3 Å². The van der Waals surface area contributed by atoms with Crippen molar-refractivity contribution in [3.63, 3.8) is 0 Å². The summed E-state index contributed by atoms with van der Waals surface area (Å²) in [5.41, 5.74) is -0.866. The molecular formula is C22H17Cl2F2N5O5. The quantitative estimate of drug-likeness (QED) is 0.468. The van der Waals surface area contributed by atoms with Crippen LogP contribution in [-0.4, -0.2) is 51.1 Å². The van der Waals surface area contributed by atoms with Gasteiger partial charge in [-0.2, -0.15) is 9.94 Å². The molecule has 1 aliphatic heterocycles. The minimum atomic E-state index is -2.59. The van der Waals surface area contributed by atoms with Crippen molar-refractivity contribution < 1.29 is 23.4 Å². The molecule has 1 aliphatic rings. The van der Waals surface area contributed by atoms with Gasteiger partial charge in [-0.25, -0.2) is 13.6 Å². The molecule has 1 aromatic heterocycles. The molecule has 188 valence electrons. The summed E-state index contributed by atoms with van der Waals surface area (Å²) in [6.45, 7) is -0.470. The van der Waals surface area contributed by atoms with E-state index in [1.807, 2.05) is 4.98 Å². The molecule has 0 radical (unpaired) electrons. The average molecular weight is 540 g/mol. The van der Waals surface area contributed by atoms with Gasteiger partial charge in [0.15, 0.2) is 5.75 Å². The number of fused-ring (bicyclic) bond motifs is 1. The molecule has 4 rings (SSSR count). The van der Waals surface area contributed by atoms with E-state index in [0.29, 0.717) is 24.3 Å². The molecule has 0 bridgehead atoms. The van der Waals surface area contributed by atoms with Crippen LogP contribution in [0.15, 0.2) is 39.9 Å². The maximum absolute atomic E-state index is 12.3. The van der Waals surface area contributed by atoms with Crippen LogP contribution in [0, 0.1) is 11.3 Å². The van der Waals surface area contributed by atoms with E-state index in [2.05, 4.69) is 5.10 Å². The first-order valence-electron chi connectivity index (χ1n) is 10.4. The molecule has 1 unspecified atom stereocenters. The Labute approximate surface area is 211 Å². The van der Waals surface area contributed by atoms with Crippen LogP contribution < -0.4 is 16.0 Å². The fraction of sp³-hybridized carbons (Fsp3) is 0.273. The highest BCUT2D eigenvalue weighted by molar-refractivity contribution is 6.37. The molecular weight excluding hydrogens is 523 g/mol. The van der Waals surface area contributed by atoms with Gasteiger partial charge in [-0.15, -0.1) is 5.10 Å². The Morgan fingerprint density at radius 2 is 1.97 bits per heavy atom. The predicted octanol–water partition coefficient (Wildman–Crippen LogP) is 2.98. The third-order valence-electron chi connectivity index (χ3n) is 5.29. The molecule has 0 aliphatic carbocycles. The lowest BCUT2D eigenvalue weighted by Crippen LogP contribution is -2.37. The summed E-state index contributed by atoms with van der Waals surface area (Å²) in [7, 11) is 0. The third-order valence-corrected chi connectivity index (χ3v) is 5.85. The minimum Gasteiger partial charge on any atom is -0.454 e. The molecule has 36 heavy (non-hydrogen) atoms. The largest absolute Gasteiger partial charge is 0.454 e. The molecule has 0 spiro atoms. The number of H-pyrrole nitrogens is 1. The SMILES string of the molecule is N#Cc1nn(-c2cc(Cl)c(Oc3ccc4c(c3)CCN(COCC(F)F)C4O)c(Cl)c2)c(=O)[nH]c1=O. The minimum absolute atomic E-state index is 0.0241. The number of aromatic amines is 1. The summed E-state index contributed by atoms with van der Waals surface area (Å²) in [4.78, 5) is 27.2. The van der Waals surface area contributed by atoms with E-state index in [9.17, 15) is 23.5 Å². The number of nitrogens with one attached hydrogen (secondary N) is 1. The maximum atomic E-state index is 12.3. The molecule has 14 heteroatoms. The zero-order chi connectivity index (χ0) is 26.0. The van der Waals surface area contributed by atoms with Crippen LogP contribution in [-0.2, 0) is 11.2 Å². The van der Waals surface area contributed by atoms with Crippen molar-refractivity contribution in [2.75, 3.05) is 19.9 Å². The molecule has 3 aromatic rings. The van der Waals surface area contributed by atoms with Crippen LogP contribution in [0.1, 0.15) is 23.0 Å². The number of hydrogen-bond donors (Lipinski definition) is 2. The molecule has 2 aromatic carbocycles. The second-order valence-corrected chi connectivity index (χ2v) is 8.47. The number of ether oxygens (including phenoxy) is 2. The summed E-state index contributed by atoms with van der Waals surface area (Å²) in [5.74, 6) is 0.449. The molecule has 0 saturated carbocycles. The lowest BCUT2D eigenvalue weighted by molar-refractivity contribution is -0.0975. The molecule has 0 saturated heterocycles. The van der Waals surface area contributed by atoms with Gasteiger partial charge in [0, 0.05) is 6.54 Å². The normalized spacial score (nSPS) is 15.5. The first-order chi connectivity index (χ1) is 17.2. The Morgan fingerprint density at radius 1 is 1.25 bits per heavy atom. The van der Waals surface area contributed by atoms with Crippen LogP contribution >= 0.6 is 23.2 Å². The number of alkyl halides is 2. The standard InChI is InChI=1S/C22H17Cl2F2N5O5/c23-15-6-12(31-22(34)28-20(32)17(8-27)29-31)7-16(24)19(15)36-13-1-2-14-11(5-13)3-4-30(21(14)33)10-35-9-18(25)26/h1-2,5-7,18,21,33H,3-4,9-10H2,(H,28,32,34). The lowest BCUT2D eigenvalue weighted by Gasteiger charge is -2.33. The molecule has 10 nitrogen and oxygen atoms in total. The van der Waals surface area contributed by atoms with E-state index >= 15 is 0 Å². The van der Waals surface area contributed by atoms with Gasteiger partial charge in [0.2, 0.25) is 5.69 Å². The highest BCUT2D eigenvalue weighted by atomic mass is 35.5. The predicted molar refractivity (Wildman–Crippen MR) is 124 cm³/mol.